The lowest BCUT2D eigenvalue weighted by molar-refractivity contribution is -0.145. The van der Waals surface area contributed by atoms with Gasteiger partial charge < -0.3 is 19.3 Å². The minimum atomic E-state index is -0.331. The van der Waals surface area contributed by atoms with Crippen LogP contribution < -0.4 is 0 Å². The number of likely N-dealkylation sites (tertiary alicyclic amines) is 1. The van der Waals surface area contributed by atoms with Crippen LogP contribution in [0.1, 0.15) is 37.6 Å². The van der Waals surface area contributed by atoms with Crippen molar-refractivity contribution in [2.75, 3.05) is 26.3 Å². The fourth-order valence-electron chi connectivity index (χ4n) is 3.40. The van der Waals surface area contributed by atoms with Crippen LogP contribution in [-0.2, 0) is 20.8 Å². The molecule has 1 atom stereocenters. The summed E-state index contributed by atoms with van der Waals surface area (Å²) in [6.45, 7) is 4.57. The van der Waals surface area contributed by atoms with Crippen molar-refractivity contribution in [1.29, 1.82) is 0 Å². The predicted octanol–water partition coefficient (Wildman–Crippen LogP) is 2.27. The number of hydrogen-bond acceptors (Lipinski definition) is 6. The molecule has 2 fully saturated rings. The van der Waals surface area contributed by atoms with Crippen molar-refractivity contribution >= 4 is 23.3 Å². The average Bonchev–Trinajstić information content (AvgIpc) is 3.33. The Balaban J connectivity index is 1.65. The smallest absolute Gasteiger partial charge is 0.409 e. The third-order valence-electron chi connectivity index (χ3n) is 4.71. The van der Waals surface area contributed by atoms with E-state index in [-0.39, 0.29) is 24.1 Å². The molecule has 2 saturated heterocycles. The molecule has 0 spiro atoms. The number of thiazole rings is 1. The Kier molecular flexibility index (Phi) is 6.25. The van der Waals surface area contributed by atoms with Crippen LogP contribution in [-0.4, -0.2) is 65.2 Å². The third kappa shape index (κ3) is 4.49. The summed E-state index contributed by atoms with van der Waals surface area (Å²) in [6, 6.07) is 0.103. The van der Waals surface area contributed by atoms with E-state index in [1.165, 1.54) is 0 Å². The molecule has 0 saturated carbocycles. The topological polar surface area (TPSA) is 72.0 Å². The Hall–Kier alpha value is -1.67. The Labute approximate surface area is 151 Å². The number of ether oxygens (including phenoxy) is 2. The standard InChI is InChI=1S/C17H25N3O4S/c1-2-23-17(22)19-8-5-13(6-9-19)20(12-15-18-7-11-25-15)16(21)14-4-3-10-24-14/h7,11,13-14H,2-6,8-10,12H2,1H3/t14-/m1/s1. The van der Waals surface area contributed by atoms with Gasteiger partial charge in [-0.25, -0.2) is 9.78 Å². The minimum Gasteiger partial charge on any atom is -0.450 e. The van der Waals surface area contributed by atoms with Crippen molar-refractivity contribution in [3.63, 3.8) is 0 Å². The second kappa shape index (κ2) is 8.62. The number of carbonyl (C=O) groups excluding carboxylic acids is 2. The quantitative estimate of drug-likeness (QED) is 0.798. The van der Waals surface area contributed by atoms with E-state index >= 15 is 0 Å². The predicted molar refractivity (Wildman–Crippen MR) is 93.3 cm³/mol. The molecule has 138 valence electrons. The number of hydrogen-bond donors (Lipinski definition) is 0. The molecule has 3 heterocycles. The molecule has 2 aliphatic heterocycles. The molecule has 0 N–H and O–H groups in total. The van der Waals surface area contributed by atoms with Crippen LogP contribution in [0.15, 0.2) is 11.6 Å². The molecule has 0 bridgehead atoms. The van der Waals surface area contributed by atoms with Crippen molar-refractivity contribution in [2.24, 2.45) is 0 Å². The SMILES string of the molecule is CCOC(=O)N1CCC(N(Cc2nccs2)C(=O)[C@H]2CCCO2)CC1. The normalized spacial score (nSPS) is 21.3. The molecule has 1 aromatic heterocycles. The van der Waals surface area contributed by atoms with Crippen molar-refractivity contribution in [3.8, 4) is 0 Å². The van der Waals surface area contributed by atoms with E-state index in [9.17, 15) is 9.59 Å². The Morgan fingerprint density at radius 2 is 2.20 bits per heavy atom. The van der Waals surface area contributed by atoms with Crippen LogP contribution in [0.2, 0.25) is 0 Å². The molecule has 7 nitrogen and oxygen atoms in total. The zero-order valence-corrected chi connectivity index (χ0v) is 15.4. The summed E-state index contributed by atoms with van der Waals surface area (Å²) in [5, 5.41) is 2.85. The van der Waals surface area contributed by atoms with E-state index in [4.69, 9.17) is 9.47 Å². The van der Waals surface area contributed by atoms with Crippen molar-refractivity contribution in [1.82, 2.24) is 14.8 Å². The highest BCUT2D eigenvalue weighted by atomic mass is 32.1. The highest BCUT2D eigenvalue weighted by Crippen LogP contribution is 2.24. The van der Waals surface area contributed by atoms with Crippen LogP contribution in [0.5, 0.6) is 0 Å². The Bertz CT molecular complexity index is 566. The van der Waals surface area contributed by atoms with Gasteiger partial charge in [0.1, 0.15) is 11.1 Å². The number of piperidine rings is 1. The molecular weight excluding hydrogens is 342 g/mol. The maximum Gasteiger partial charge on any atom is 0.409 e. The first kappa shape index (κ1) is 18.1. The van der Waals surface area contributed by atoms with E-state index in [0.29, 0.717) is 32.8 Å². The molecular formula is C17H25N3O4S. The van der Waals surface area contributed by atoms with Gasteiger partial charge >= 0.3 is 6.09 Å². The molecule has 0 aromatic carbocycles. The minimum absolute atomic E-state index is 0.0577. The molecule has 0 radical (unpaired) electrons. The fraction of sp³-hybridized carbons (Fsp3) is 0.706. The monoisotopic (exact) mass is 367 g/mol. The van der Waals surface area contributed by atoms with Gasteiger partial charge in [0.15, 0.2) is 0 Å². The van der Waals surface area contributed by atoms with Crippen molar-refractivity contribution < 1.29 is 19.1 Å². The first-order valence-electron chi connectivity index (χ1n) is 8.91. The highest BCUT2D eigenvalue weighted by molar-refractivity contribution is 7.09. The summed E-state index contributed by atoms with van der Waals surface area (Å²) < 4.78 is 10.7. The van der Waals surface area contributed by atoms with Crippen LogP contribution in [0.3, 0.4) is 0 Å². The molecule has 2 aliphatic rings. The number of nitrogens with zero attached hydrogens (tertiary/aromatic N) is 3. The van der Waals surface area contributed by atoms with Gasteiger partial charge in [-0.1, -0.05) is 0 Å². The lowest BCUT2D eigenvalue weighted by Crippen LogP contribution is -2.51. The third-order valence-corrected chi connectivity index (χ3v) is 5.47. The second-order valence-corrected chi connectivity index (χ2v) is 7.29. The molecule has 0 unspecified atom stereocenters. The fourth-order valence-corrected chi connectivity index (χ4v) is 4.01. The van der Waals surface area contributed by atoms with Gasteiger partial charge in [0, 0.05) is 37.3 Å². The van der Waals surface area contributed by atoms with Gasteiger partial charge in [-0.15, -0.1) is 11.3 Å². The molecule has 25 heavy (non-hydrogen) atoms. The zero-order valence-electron chi connectivity index (χ0n) is 14.6. The number of amides is 2. The summed E-state index contributed by atoms with van der Waals surface area (Å²) in [6.07, 6.45) is 4.39. The largest absolute Gasteiger partial charge is 0.450 e. The van der Waals surface area contributed by atoms with Gasteiger partial charge in [-0.2, -0.15) is 0 Å². The van der Waals surface area contributed by atoms with Crippen LogP contribution >= 0.6 is 11.3 Å². The maximum absolute atomic E-state index is 13.0. The number of aromatic nitrogens is 1. The number of carbonyl (C=O) groups is 2. The Morgan fingerprint density at radius 3 is 2.80 bits per heavy atom. The van der Waals surface area contributed by atoms with Gasteiger partial charge in [0.05, 0.1) is 13.2 Å². The molecule has 8 heteroatoms. The average molecular weight is 367 g/mol. The summed E-state index contributed by atoms with van der Waals surface area (Å²) in [7, 11) is 0. The highest BCUT2D eigenvalue weighted by Gasteiger charge is 2.35. The second-order valence-electron chi connectivity index (χ2n) is 6.31. The molecule has 2 amide bonds. The molecule has 3 rings (SSSR count). The lowest BCUT2D eigenvalue weighted by atomic mass is 10.0. The number of rotatable bonds is 5. The van der Waals surface area contributed by atoms with Gasteiger partial charge in [0.2, 0.25) is 0 Å². The Morgan fingerprint density at radius 1 is 1.40 bits per heavy atom. The van der Waals surface area contributed by atoms with Crippen LogP contribution in [0.25, 0.3) is 0 Å². The van der Waals surface area contributed by atoms with Gasteiger partial charge in [0.25, 0.3) is 5.91 Å². The van der Waals surface area contributed by atoms with E-state index in [1.54, 1.807) is 29.4 Å². The van der Waals surface area contributed by atoms with Gasteiger partial charge in [-0.3, -0.25) is 4.79 Å². The summed E-state index contributed by atoms with van der Waals surface area (Å²) in [4.78, 5) is 32.8. The van der Waals surface area contributed by atoms with Crippen molar-refractivity contribution in [2.45, 2.75) is 51.3 Å². The molecule has 0 aliphatic carbocycles. The zero-order chi connectivity index (χ0) is 17.6. The summed E-state index contributed by atoms with van der Waals surface area (Å²) >= 11 is 1.56. The van der Waals surface area contributed by atoms with Crippen molar-refractivity contribution in [3.05, 3.63) is 16.6 Å². The van der Waals surface area contributed by atoms with E-state index < -0.39 is 0 Å². The van der Waals surface area contributed by atoms with E-state index in [1.807, 2.05) is 10.3 Å². The molecule has 1 aromatic rings. The van der Waals surface area contributed by atoms with Crippen LogP contribution in [0, 0.1) is 0 Å². The van der Waals surface area contributed by atoms with Crippen LogP contribution in [0.4, 0.5) is 4.79 Å². The first-order valence-corrected chi connectivity index (χ1v) is 9.79. The maximum atomic E-state index is 13.0. The first-order chi connectivity index (χ1) is 12.2. The lowest BCUT2D eigenvalue weighted by Gasteiger charge is -2.38. The van der Waals surface area contributed by atoms with E-state index in [2.05, 4.69) is 4.98 Å². The van der Waals surface area contributed by atoms with E-state index in [0.717, 1.165) is 30.7 Å². The van der Waals surface area contributed by atoms with Gasteiger partial charge in [-0.05, 0) is 32.6 Å². The summed E-state index contributed by atoms with van der Waals surface area (Å²) in [5.41, 5.74) is 0. The summed E-state index contributed by atoms with van der Waals surface area (Å²) in [5.74, 6) is 0.0577.